The van der Waals surface area contributed by atoms with Crippen molar-refractivity contribution in [2.24, 2.45) is 5.92 Å². The highest BCUT2D eigenvalue weighted by atomic mass is 16.2. The van der Waals surface area contributed by atoms with Gasteiger partial charge in [-0.3, -0.25) is 9.78 Å². The molecule has 1 aromatic carbocycles. The Morgan fingerprint density at radius 3 is 2.46 bits per heavy atom. The van der Waals surface area contributed by atoms with Crippen molar-refractivity contribution in [2.45, 2.75) is 64.5 Å². The highest BCUT2D eigenvalue weighted by Gasteiger charge is 2.38. The lowest BCUT2D eigenvalue weighted by atomic mass is 10.0. The smallest absolute Gasteiger partial charge is 0.255 e. The third-order valence-electron chi connectivity index (χ3n) is 5.54. The Morgan fingerprint density at radius 2 is 1.83 bits per heavy atom. The molecule has 24 heavy (non-hydrogen) atoms. The summed E-state index contributed by atoms with van der Waals surface area (Å²) >= 11 is 0. The SMILES string of the molecule is CC(C)C(C)N(C(=O)c1cc(C2CC2)nc2ccccc12)C1CC1. The molecule has 0 radical (unpaired) electrons. The summed E-state index contributed by atoms with van der Waals surface area (Å²) in [5.74, 6) is 1.21. The van der Waals surface area contributed by atoms with E-state index >= 15 is 0 Å². The van der Waals surface area contributed by atoms with Crippen LogP contribution in [0, 0.1) is 5.92 Å². The molecule has 1 aromatic heterocycles. The highest BCUT2D eigenvalue weighted by molar-refractivity contribution is 6.06. The van der Waals surface area contributed by atoms with Crippen molar-refractivity contribution >= 4 is 16.8 Å². The zero-order valence-electron chi connectivity index (χ0n) is 14.8. The van der Waals surface area contributed by atoms with Gasteiger partial charge in [-0.05, 0) is 50.7 Å². The predicted octanol–water partition coefficient (Wildman–Crippen LogP) is 4.76. The number of pyridine rings is 1. The first-order valence-electron chi connectivity index (χ1n) is 9.28. The van der Waals surface area contributed by atoms with Gasteiger partial charge in [0.2, 0.25) is 0 Å². The lowest BCUT2D eigenvalue weighted by Gasteiger charge is -2.32. The molecule has 1 atom stereocenters. The van der Waals surface area contributed by atoms with Gasteiger partial charge in [0, 0.05) is 29.1 Å². The summed E-state index contributed by atoms with van der Waals surface area (Å²) in [4.78, 5) is 20.4. The molecule has 3 heteroatoms. The van der Waals surface area contributed by atoms with E-state index in [1.807, 2.05) is 24.3 Å². The maximum atomic E-state index is 13.5. The largest absolute Gasteiger partial charge is 0.333 e. The van der Waals surface area contributed by atoms with Crippen LogP contribution in [0.15, 0.2) is 30.3 Å². The number of carbonyl (C=O) groups excluding carboxylic acids is 1. The summed E-state index contributed by atoms with van der Waals surface area (Å²) in [5.41, 5.74) is 2.91. The van der Waals surface area contributed by atoms with E-state index in [1.54, 1.807) is 0 Å². The first-order valence-corrected chi connectivity index (χ1v) is 9.28. The number of hydrogen-bond donors (Lipinski definition) is 0. The van der Waals surface area contributed by atoms with Gasteiger partial charge < -0.3 is 4.90 Å². The van der Waals surface area contributed by atoms with Crippen LogP contribution in [0.1, 0.15) is 68.4 Å². The minimum atomic E-state index is 0.194. The first-order chi connectivity index (χ1) is 11.6. The van der Waals surface area contributed by atoms with E-state index < -0.39 is 0 Å². The standard InChI is InChI=1S/C21H26N2O/c1-13(2)14(3)23(16-10-11-16)21(24)18-12-20(15-8-9-15)22-19-7-5-4-6-17(18)19/h4-7,12-16H,8-11H2,1-3H3. The predicted molar refractivity (Wildman–Crippen MR) is 97.2 cm³/mol. The summed E-state index contributed by atoms with van der Waals surface area (Å²) in [7, 11) is 0. The Kier molecular flexibility index (Phi) is 3.82. The van der Waals surface area contributed by atoms with Gasteiger partial charge in [-0.25, -0.2) is 0 Å². The molecule has 0 aliphatic heterocycles. The minimum Gasteiger partial charge on any atom is -0.333 e. The number of carbonyl (C=O) groups is 1. The number of para-hydroxylation sites is 1. The summed E-state index contributed by atoms with van der Waals surface area (Å²) in [6.07, 6.45) is 4.68. The van der Waals surface area contributed by atoms with Gasteiger partial charge >= 0.3 is 0 Å². The average Bonchev–Trinajstić information content (AvgIpc) is 3.46. The van der Waals surface area contributed by atoms with E-state index in [-0.39, 0.29) is 11.9 Å². The summed E-state index contributed by atoms with van der Waals surface area (Å²) in [6, 6.07) is 10.8. The number of fused-ring (bicyclic) bond motifs is 1. The van der Waals surface area contributed by atoms with Crippen LogP contribution in [-0.4, -0.2) is 27.9 Å². The maximum absolute atomic E-state index is 13.5. The van der Waals surface area contributed by atoms with E-state index in [0.717, 1.165) is 35.0 Å². The number of nitrogens with zero attached hydrogens (tertiary/aromatic N) is 2. The number of aromatic nitrogens is 1. The fourth-order valence-corrected chi connectivity index (χ4v) is 3.46. The molecule has 2 fully saturated rings. The molecule has 1 amide bonds. The van der Waals surface area contributed by atoms with Crippen LogP contribution in [0.5, 0.6) is 0 Å². The highest BCUT2D eigenvalue weighted by Crippen LogP contribution is 2.41. The van der Waals surface area contributed by atoms with Crippen molar-refractivity contribution in [3.8, 4) is 0 Å². The van der Waals surface area contributed by atoms with E-state index in [0.29, 0.717) is 17.9 Å². The molecule has 3 nitrogen and oxygen atoms in total. The van der Waals surface area contributed by atoms with Crippen molar-refractivity contribution in [3.63, 3.8) is 0 Å². The Bertz CT molecular complexity index is 775. The van der Waals surface area contributed by atoms with Crippen LogP contribution in [0.2, 0.25) is 0 Å². The zero-order chi connectivity index (χ0) is 16.8. The van der Waals surface area contributed by atoms with Gasteiger partial charge in [-0.15, -0.1) is 0 Å². The second kappa shape index (κ2) is 5.87. The van der Waals surface area contributed by atoms with Gasteiger partial charge in [0.15, 0.2) is 0 Å². The fraction of sp³-hybridized carbons (Fsp3) is 0.524. The zero-order valence-corrected chi connectivity index (χ0v) is 14.8. The molecule has 2 aliphatic carbocycles. The summed E-state index contributed by atoms with van der Waals surface area (Å²) in [6.45, 7) is 6.59. The Balaban J connectivity index is 1.80. The van der Waals surface area contributed by atoms with E-state index in [9.17, 15) is 4.79 Å². The second-order valence-corrected chi connectivity index (χ2v) is 7.81. The normalized spacial score (nSPS) is 18.8. The van der Waals surface area contributed by atoms with Crippen LogP contribution < -0.4 is 0 Å². The van der Waals surface area contributed by atoms with Gasteiger partial charge in [0.05, 0.1) is 11.1 Å². The molecule has 1 unspecified atom stereocenters. The molecule has 2 saturated carbocycles. The first kappa shape index (κ1) is 15.6. The number of rotatable bonds is 5. The Morgan fingerprint density at radius 1 is 1.12 bits per heavy atom. The monoisotopic (exact) mass is 322 g/mol. The van der Waals surface area contributed by atoms with Crippen molar-refractivity contribution in [1.82, 2.24) is 9.88 Å². The third kappa shape index (κ3) is 2.81. The molecule has 0 spiro atoms. The lowest BCUT2D eigenvalue weighted by molar-refractivity contribution is 0.0629. The number of amides is 1. The van der Waals surface area contributed by atoms with Crippen LogP contribution in [0.3, 0.4) is 0 Å². The van der Waals surface area contributed by atoms with Crippen LogP contribution >= 0.6 is 0 Å². The molecule has 0 N–H and O–H groups in total. The van der Waals surface area contributed by atoms with Crippen molar-refractivity contribution in [2.75, 3.05) is 0 Å². The van der Waals surface area contributed by atoms with Crippen LogP contribution in [0.25, 0.3) is 10.9 Å². The average molecular weight is 322 g/mol. The third-order valence-corrected chi connectivity index (χ3v) is 5.54. The van der Waals surface area contributed by atoms with E-state index in [2.05, 4.69) is 31.7 Å². The Labute approximate surface area is 144 Å². The quantitative estimate of drug-likeness (QED) is 0.795. The molecule has 1 heterocycles. The molecule has 4 rings (SSSR count). The van der Waals surface area contributed by atoms with Crippen molar-refractivity contribution in [3.05, 3.63) is 41.6 Å². The van der Waals surface area contributed by atoms with Crippen LogP contribution in [-0.2, 0) is 0 Å². The van der Waals surface area contributed by atoms with Crippen LogP contribution in [0.4, 0.5) is 0 Å². The molecular formula is C21H26N2O. The molecule has 2 aliphatic rings. The van der Waals surface area contributed by atoms with Gasteiger partial charge in [0.1, 0.15) is 0 Å². The fourth-order valence-electron chi connectivity index (χ4n) is 3.46. The summed E-state index contributed by atoms with van der Waals surface area (Å²) in [5, 5.41) is 0.994. The van der Waals surface area contributed by atoms with Crippen molar-refractivity contribution in [1.29, 1.82) is 0 Å². The van der Waals surface area contributed by atoms with Gasteiger partial charge in [0.25, 0.3) is 5.91 Å². The number of hydrogen-bond acceptors (Lipinski definition) is 2. The molecule has 0 saturated heterocycles. The van der Waals surface area contributed by atoms with Gasteiger partial charge in [-0.1, -0.05) is 32.0 Å². The van der Waals surface area contributed by atoms with E-state index in [1.165, 1.54) is 12.8 Å². The molecule has 0 bridgehead atoms. The maximum Gasteiger partial charge on any atom is 0.255 e. The lowest BCUT2D eigenvalue weighted by Crippen LogP contribution is -2.43. The number of benzene rings is 1. The van der Waals surface area contributed by atoms with Gasteiger partial charge in [-0.2, -0.15) is 0 Å². The molecule has 126 valence electrons. The van der Waals surface area contributed by atoms with Crippen molar-refractivity contribution < 1.29 is 4.79 Å². The topological polar surface area (TPSA) is 33.2 Å². The molecular weight excluding hydrogens is 296 g/mol. The summed E-state index contributed by atoms with van der Waals surface area (Å²) < 4.78 is 0. The van der Waals surface area contributed by atoms with E-state index in [4.69, 9.17) is 4.98 Å². The second-order valence-electron chi connectivity index (χ2n) is 7.81. The minimum absolute atomic E-state index is 0.194. The Hall–Kier alpha value is -1.90. The molecule has 2 aromatic rings.